The van der Waals surface area contributed by atoms with Gasteiger partial charge < -0.3 is 9.67 Å². The van der Waals surface area contributed by atoms with E-state index in [0.717, 1.165) is 45.0 Å². The van der Waals surface area contributed by atoms with E-state index in [1.54, 1.807) is 24.4 Å². The number of unbranched alkanes of at least 4 members (excludes halogenated alkanes) is 1. The van der Waals surface area contributed by atoms with E-state index in [0.29, 0.717) is 29.7 Å². The Bertz CT molecular complexity index is 1750. The number of para-hydroxylation sites is 1. The van der Waals surface area contributed by atoms with Crippen molar-refractivity contribution in [1.82, 2.24) is 14.2 Å². The number of carbonyl (C=O) groups is 1. The second-order valence-electron chi connectivity index (χ2n) is 9.26. The lowest BCUT2D eigenvalue weighted by Gasteiger charge is -2.10. The second-order valence-corrected chi connectivity index (χ2v) is 10.2. The molecule has 0 fully saturated rings. The van der Waals surface area contributed by atoms with Crippen LogP contribution in [0.25, 0.3) is 21.8 Å². The molecular formula is C30H27BrN4O3. The Balaban J connectivity index is 1.60. The van der Waals surface area contributed by atoms with Crippen molar-refractivity contribution in [1.29, 1.82) is 0 Å². The lowest BCUT2D eigenvalue weighted by atomic mass is 10.1. The van der Waals surface area contributed by atoms with Gasteiger partial charge in [-0.25, -0.2) is 9.78 Å². The molecule has 0 saturated carbocycles. The molecule has 1 N–H and O–H groups in total. The van der Waals surface area contributed by atoms with Crippen LogP contribution in [0.4, 0.5) is 0 Å². The number of carboxylic acid groups (broad SMARTS) is 1. The molecule has 0 radical (unpaired) electrons. The molecule has 0 amide bonds. The monoisotopic (exact) mass is 570 g/mol. The Kier molecular flexibility index (Phi) is 7.24. The normalized spacial score (nSPS) is 11.7. The molecule has 0 spiro atoms. The van der Waals surface area contributed by atoms with Gasteiger partial charge in [0.2, 0.25) is 0 Å². The smallest absolute Gasteiger partial charge is 0.335 e. The highest BCUT2D eigenvalue weighted by Gasteiger charge is 2.15. The van der Waals surface area contributed by atoms with Crippen molar-refractivity contribution in [2.45, 2.75) is 39.7 Å². The van der Waals surface area contributed by atoms with Crippen molar-refractivity contribution in [3.05, 3.63) is 110 Å². The van der Waals surface area contributed by atoms with Gasteiger partial charge in [0.15, 0.2) is 0 Å². The van der Waals surface area contributed by atoms with Crippen LogP contribution in [0.15, 0.2) is 81.1 Å². The van der Waals surface area contributed by atoms with Crippen molar-refractivity contribution in [2.75, 3.05) is 0 Å². The van der Waals surface area contributed by atoms with Gasteiger partial charge in [-0.2, -0.15) is 9.78 Å². The maximum atomic E-state index is 13.5. The predicted octanol–water partition coefficient (Wildman–Crippen LogP) is 6.39. The average molecular weight is 571 g/mol. The van der Waals surface area contributed by atoms with Gasteiger partial charge in [-0.3, -0.25) is 4.79 Å². The predicted molar refractivity (Wildman–Crippen MR) is 154 cm³/mol. The van der Waals surface area contributed by atoms with E-state index in [9.17, 15) is 14.7 Å². The number of aromatic carboxylic acids is 1. The molecule has 7 nitrogen and oxygen atoms in total. The molecule has 5 aromatic rings. The van der Waals surface area contributed by atoms with Crippen molar-refractivity contribution in [3.63, 3.8) is 0 Å². The molecule has 8 heteroatoms. The summed E-state index contributed by atoms with van der Waals surface area (Å²) in [6, 6.07) is 20.5. The Morgan fingerprint density at radius 2 is 1.84 bits per heavy atom. The van der Waals surface area contributed by atoms with Crippen molar-refractivity contribution in [2.24, 2.45) is 5.10 Å². The third-order valence-corrected chi connectivity index (χ3v) is 7.25. The largest absolute Gasteiger partial charge is 0.478 e. The van der Waals surface area contributed by atoms with Gasteiger partial charge in [-0.05, 0) is 55.3 Å². The number of aromatic nitrogens is 3. The van der Waals surface area contributed by atoms with Gasteiger partial charge in [-0.1, -0.05) is 59.6 Å². The molecule has 38 heavy (non-hydrogen) atoms. The van der Waals surface area contributed by atoms with E-state index < -0.39 is 5.97 Å². The first-order chi connectivity index (χ1) is 18.4. The standard InChI is InChI=1S/C30H27BrN4O3/c1-3-4-9-28-33-26-15-14-22(31)16-24(26)29(36)35(28)32-17-25-19(2)34(27-8-6-5-7-23(25)27)18-20-10-12-21(13-11-20)30(37)38/h5-8,10-17H,3-4,9,18H2,1-2H3,(H,37,38). The third-order valence-electron chi connectivity index (χ3n) is 6.75. The summed E-state index contributed by atoms with van der Waals surface area (Å²) in [5.74, 6) is -0.301. The van der Waals surface area contributed by atoms with Gasteiger partial charge in [-0.15, -0.1) is 0 Å². The zero-order chi connectivity index (χ0) is 26.8. The van der Waals surface area contributed by atoms with Gasteiger partial charge in [0.05, 0.1) is 22.7 Å². The fourth-order valence-electron chi connectivity index (χ4n) is 4.69. The Hall–Kier alpha value is -4.04. The molecular weight excluding hydrogens is 544 g/mol. The minimum absolute atomic E-state index is 0.196. The molecule has 5 rings (SSSR count). The van der Waals surface area contributed by atoms with Crippen LogP contribution in [0.3, 0.4) is 0 Å². The van der Waals surface area contributed by atoms with Crippen LogP contribution in [-0.4, -0.2) is 31.5 Å². The molecule has 0 saturated heterocycles. The van der Waals surface area contributed by atoms with E-state index >= 15 is 0 Å². The zero-order valence-electron chi connectivity index (χ0n) is 21.2. The molecule has 2 heterocycles. The molecule has 3 aromatic carbocycles. The number of rotatable bonds is 8. The number of benzene rings is 3. The number of hydrogen-bond acceptors (Lipinski definition) is 4. The molecule has 192 valence electrons. The third kappa shape index (κ3) is 4.91. The fraction of sp³-hybridized carbons (Fsp3) is 0.200. The molecule has 0 aliphatic carbocycles. The highest BCUT2D eigenvalue weighted by molar-refractivity contribution is 9.10. The first-order valence-electron chi connectivity index (χ1n) is 12.5. The van der Waals surface area contributed by atoms with E-state index in [1.165, 1.54) is 4.68 Å². The van der Waals surface area contributed by atoms with Gasteiger partial charge >= 0.3 is 5.97 Å². The average Bonchev–Trinajstić information content (AvgIpc) is 3.18. The summed E-state index contributed by atoms with van der Waals surface area (Å²) in [4.78, 5) is 29.5. The van der Waals surface area contributed by atoms with Gasteiger partial charge in [0.1, 0.15) is 5.82 Å². The first-order valence-corrected chi connectivity index (χ1v) is 13.3. The van der Waals surface area contributed by atoms with E-state index in [4.69, 9.17) is 10.1 Å². The molecule has 0 unspecified atom stereocenters. The van der Waals surface area contributed by atoms with Crippen LogP contribution in [0.2, 0.25) is 0 Å². The summed E-state index contributed by atoms with van der Waals surface area (Å²) < 4.78 is 4.43. The van der Waals surface area contributed by atoms with E-state index in [-0.39, 0.29) is 11.1 Å². The number of aryl methyl sites for hydroxylation is 1. The number of fused-ring (bicyclic) bond motifs is 2. The van der Waals surface area contributed by atoms with Crippen molar-refractivity contribution >= 4 is 49.9 Å². The summed E-state index contributed by atoms with van der Waals surface area (Å²) in [5, 5.41) is 15.4. The highest BCUT2D eigenvalue weighted by Crippen LogP contribution is 2.26. The number of halogens is 1. The number of carboxylic acids is 1. The zero-order valence-corrected chi connectivity index (χ0v) is 22.8. The minimum atomic E-state index is -0.943. The summed E-state index contributed by atoms with van der Waals surface area (Å²) in [7, 11) is 0. The van der Waals surface area contributed by atoms with E-state index in [1.807, 2.05) is 49.4 Å². The number of hydrogen-bond donors (Lipinski definition) is 1. The maximum absolute atomic E-state index is 13.5. The van der Waals surface area contributed by atoms with Crippen molar-refractivity contribution < 1.29 is 9.90 Å². The Morgan fingerprint density at radius 3 is 2.58 bits per heavy atom. The number of nitrogens with zero attached hydrogens (tertiary/aromatic N) is 4. The topological polar surface area (TPSA) is 89.5 Å². The van der Waals surface area contributed by atoms with Crippen LogP contribution in [-0.2, 0) is 13.0 Å². The van der Waals surface area contributed by atoms with E-state index in [2.05, 4.69) is 33.5 Å². The fourth-order valence-corrected chi connectivity index (χ4v) is 5.05. The minimum Gasteiger partial charge on any atom is -0.478 e. The first kappa shape index (κ1) is 25.6. The molecule has 2 aromatic heterocycles. The summed E-state index contributed by atoms with van der Waals surface area (Å²) in [5.41, 5.74) is 4.67. The summed E-state index contributed by atoms with van der Waals surface area (Å²) in [6.45, 7) is 4.72. The SMILES string of the molecule is CCCCc1nc2ccc(Br)cc2c(=O)n1N=Cc1c(C)n(Cc2ccc(C(=O)O)cc2)c2ccccc12. The maximum Gasteiger partial charge on any atom is 0.335 e. The Labute approximate surface area is 228 Å². The molecule has 0 aliphatic rings. The summed E-state index contributed by atoms with van der Waals surface area (Å²) >= 11 is 3.46. The van der Waals surface area contributed by atoms with Gasteiger partial charge in [0, 0.05) is 39.6 Å². The molecule has 0 aliphatic heterocycles. The van der Waals surface area contributed by atoms with Gasteiger partial charge in [0.25, 0.3) is 5.56 Å². The lowest BCUT2D eigenvalue weighted by molar-refractivity contribution is 0.0697. The summed E-state index contributed by atoms with van der Waals surface area (Å²) in [6.07, 6.45) is 4.30. The van der Waals surface area contributed by atoms with Crippen LogP contribution >= 0.6 is 15.9 Å². The van der Waals surface area contributed by atoms with Crippen LogP contribution in [0.1, 0.15) is 52.8 Å². The lowest BCUT2D eigenvalue weighted by Crippen LogP contribution is -2.22. The highest BCUT2D eigenvalue weighted by atomic mass is 79.9. The second kappa shape index (κ2) is 10.8. The quantitative estimate of drug-likeness (QED) is 0.219. The molecule has 0 bridgehead atoms. The van der Waals surface area contributed by atoms with Crippen LogP contribution in [0.5, 0.6) is 0 Å². The molecule has 0 atom stereocenters. The van der Waals surface area contributed by atoms with Crippen LogP contribution in [0, 0.1) is 6.92 Å². The van der Waals surface area contributed by atoms with Crippen LogP contribution < -0.4 is 5.56 Å². The Morgan fingerprint density at radius 1 is 1.08 bits per heavy atom. The van der Waals surface area contributed by atoms with Crippen molar-refractivity contribution in [3.8, 4) is 0 Å².